The van der Waals surface area contributed by atoms with Gasteiger partial charge < -0.3 is 16.2 Å². The number of hydrogen-bond acceptors (Lipinski definition) is 4. The van der Waals surface area contributed by atoms with Gasteiger partial charge in [0.1, 0.15) is 0 Å². The fourth-order valence-electron chi connectivity index (χ4n) is 2.12. The predicted octanol–water partition coefficient (Wildman–Crippen LogP) is -0.200. The lowest BCUT2D eigenvalue weighted by Gasteiger charge is -2.19. The van der Waals surface area contributed by atoms with E-state index in [0.717, 1.165) is 6.42 Å². The maximum atomic E-state index is 11.2. The van der Waals surface area contributed by atoms with Gasteiger partial charge in [0.2, 0.25) is 5.91 Å². The molecule has 1 aliphatic carbocycles. The van der Waals surface area contributed by atoms with Crippen molar-refractivity contribution < 1.29 is 9.53 Å². The summed E-state index contributed by atoms with van der Waals surface area (Å²) in [6, 6.07) is 0.126. The number of ether oxygens (including phenoxy) is 1. The molecule has 1 aromatic heterocycles. The maximum absolute atomic E-state index is 11.2. The summed E-state index contributed by atoms with van der Waals surface area (Å²) in [6.45, 7) is 0. The number of hydrogen-bond donors (Lipinski definition) is 2. The number of aromatic nitrogens is 2. The second-order valence-corrected chi connectivity index (χ2v) is 4.28. The highest BCUT2D eigenvalue weighted by molar-refractivity contribution is 5.84. The molecule has 2 rings (SSSR count). The zero-order valence-electron chi connectivity index (χ0n) is 9.22. The van der Waals surface area contributed by atoms with Gasteiger partial charge in [-0.25, -0.2) is 0 Å². The largest absolute Gasteiger partial charge is 0.493 e. The van der Waals surface area contributed by atoms with Crippen molar-refractivity contribution in [2.75, 3.05) is 7.11 Å². The molecule has 0 aliphatic heterocycles. The van der Waals surface area contributed by atoms with Gasteiger partial charge in [-0.1, -0.05) is 0 Å². The third kappa shape index (κ3) is 1.76. The molecule has 0 spiro atoms. The summed E-state index contributed by atoms with van der Waals surface area (Å²) >= 11 is 0. The van der Waals surface area contributed by atoms with Crippen LogP contribution in [0.3, 0.4) is 0 Å². The molecule has 16 heavy (non-hydrogen) atoms. The average molecular weight is 224 g/mol. The number of nitrogens with zero attached hydrogens (tertiary/aromatic N) is 2. The Morgan fingerprint density at radius 3 is 3.00 bits per heavy atom. The van der Waals surface area contributed by atoms with Gasteiger partial charge >= 0.3 is 0 Å². The van der Waals surface area contributed by atoms with E-state index in [1.165, 1.54) is 0 Å². The standard InChI is InChI=1S/C10H16N4O2/c1-16-8-5-13-14(6-8)7-2-3-10(12,4-7)9(11)15/h5-7H,2-4,12H2,1H3,(H2,11,15). The molecule has 0 bridgehead atoms. The van der Waals surface area contributed by atoms with Gasteiger partial charge in [0.05, 0.1) is 31.1 Å². The molecule has 2 atom stereocenters. The van der Waals surface area contributed by atoms with Crippen LogP contribution in [0.25, 0.3) is 0 Å². The van der Waals surface area contributed by atoms with E-state index < -0.39 is 11.4 Å². The summed E-state index contributed by atoms with van der Waals surface area (Å²) in [5.74, 6) is 0.266. The van der Waals surface area contributed by atoms with Gasteiger partial charge in [-0.3, -0.25) is 9.48 Å². The summed E-state index contributed by atoms with van der Waals surface area (Å²) in [4.78, 5) is 11.2. The van der Waals surface area contributed by atoms with Crippen molar-refractivity contribution in [1.82, 2.24) is 9.78 Å². The number of amides is 1. The first-order valence-corrected chi connectivity index (χ1v) is 5.22. The minimum Gasteiger partial charge on any atom is -0.493 e. The lowest BCUT2D eigenvalue weighted by atomic mass is 9.98. The van der Waals surface area contributed by atoms with Gasteiger partial charge in [0.25, 0.3) is 0 Å². The van der Waals surface area contributed by atoms with Crippen molar-refractivity contribution in [2.24, 2.45) is 11.5 Å². The third-order valence-electron chi connectivity index (χ3n) is 3.20. The predicted molar refractivity (Wildman–Crippen MR) is 57.8 cm³/mol. The number of carbonyl (C=O) groups excluding carboxylic acids is 1. The summed E-state index contributed by atoms with van der Waals surface area (Å²) in [5.41, 5.74) is 10.3. The monoisotopic (exact) mass is 224 g/mol. The zero-order chi connectivity index (χ0) is 11.8. The summed E-state index contributed by atoms with van der Waals surface area (Å²) in [5, 5.41) is 4.18. The van der Waals surface area contributed by atoms with Crippen LogP contribution in [0.15, 0.2) is 12.4 Å². The minimum absolute atomic E-state index is 0.126. The molecule has 0 saturated heterocycles. The molecular weight excluding hydrogens is 208 g/mol. The Kier molecular flexibility index (Phi) is 2.59. The SMILES string of the molecule is COc1cnn(C2CCC(N)(C(N)=O)C2)c1. The third-order valence-corrected chi connectivity index (χ3v) is 3.20. The van der Waals surface area contributed by atoms with Crippen LogP contribution in [0.5, 0.6) is 5.75 Å². The highest BCUT2D eigenvalue weighted by Gasteiger charge is 2.41. The van der Waals surface area contributed by atoms with Crippen LogP contribution in [-0.2, 0) is 4.79 Å². The van der Waals surface area contributed by atoms with Crippen LogP contribution in [0.2, 0.25) is 0 Å². The molecule has 1 fully saturated rings. The second-order valence-electron chi connectivity index (χ2n) is 4.28. The van der Waals surface area contributed by atoms with Gasteiger partial charge in [-0.05, 0) is 19.3 Å². The minimum atomic E-state index is -0.885. The summed E-state index contributed by atoms with van der Waals surface area (Å²) < 4.78 is 6.84. The number of primary amides is 1. The van der Waals surface area contributed by atoms with Gasteiger partial charge in [-0.2, -0.15) is 5.10 Å². The van der Waals surface area contributed by atoms with Crippen LogP contribution in [0, 0.1) is 0 Å². The van der Waals surface area contributed by atoms with E-state index >= 15 is 0 Å². The molecule has 4 N–H and O–H groups in total. The first-order chi connectivity index (χ1) is 7.55. The number of carbonyl (C=O) groups is 1. The lowest BCUT2D eigenvalue weighted by molar-refractivity contribution is -0.123. The molecule has 6 nitrogen and oxygen atoms in total. The Labute approximate surface area is 93.5 Å². The molecule has 0 radical (unpaired) electrons. The van der Waals surface area contributed by atoms with Gasteiger partial charge in [-0.15, -0.1) is 0 Å². The van der Waals surface area contributed by atoms with E-state index in [0.29, 0.717) is 18.6 Å². The van der Waals surface area contributed by atoms with Crippen LogP contribution in [0.4, 0.5) is 0 Å². The zero-order valence-corrected chi connectivity index (χ0v) is 9.22. The van der Waals surface area contributed by atoms with Gasteiger partial charge in [0.15, 0.2) is 5.75 Å². The smallest absolute Gasteiger partial charge is 0.237 e. The molecule has 2 unspecified atom stereocenters. The first-order valence-electron chi connectivity index (χ1n) is 5.22. The molecule has 1 heterocycles. The molecule has 88 valence electrons. The molecular formula is C10H16N4O2. The van der Waals surface area contributed by atoms with Crippen molar-refractivity contribution in [3.8, 4) is 5.75 Å². The van der Waals surface area contributed by atoms with Crippen molar-refractivity contribution in [3.63, 3.8) is 0 Å². The number of methoxy groups -OCH3 is 1. The fourth-order valence-corrected chi connectivity index (χ4v) is 2.12. The molecule has 1 aromatic rings. The Balaban J connectivity index is 2.11. The van der Waals surface area contributed by atoms with Crippen molar-refractivity contribution in [1.29, 1.82) is 0 Å². The Morgan fingerprint density at radius 1 is 1.75 bits per heavy atom. The highest BCUT2D eigenvalue weighted by Crippen LogP contribution is 2.36. The molecule has 6 heteroatoms. The van der Waals surface area contributed by atoms with E-state index in [-0.39, 0.29) is 6.04 Å². The topological polar surface area (TPSA) is 96.2 Å². The normalized spacial score (nSPS) is 29.2. The second kappa shape index (κ2) is 3.79. The number of nitrogens with two attached hydrogens (primary N) is 2. The van der Waals surface area contributed by atoms with E-state index in [4.69, 9.17) is 16.2 Å². The molecule has 0 aromatic carbocycles. The maximum Gasteiger partial charge on any atom is 0.237 e. The Hall–Kier alpha value is -1.56. The Morgan fingerprint density at radius 2 is 2.50 bits per heavy atom. The van der Waals surface area contributed by atoms with Crippen molar-refractivity contribution >= 4 is 5.91 Å². The van der Waals surface area contributed by atoms with Crippen LogP contribution in [-0.4, -0.2) is 28.3 Å². The van der Waals surface area contributed by atoms with Crippen LogP contribution >= 0.6 is 0 Å². The van der Waals surface area contributed by atoms with Crippen LogP contribution in [0.1, 0.15) is 25.3 Å². The molecule has 1 saturated carbocycles. The van der Waals surface area contributed by atoms with Crippen LogP contribution < -0.4 is 16.2 Å². The van der Waals surface area contributed by atoms with E-state index in [1.807, 2.05) is 0 Å². The average Bonchev–Trinajstić information content (AvgIpc) is 2.84. The van der Waals surface area contributed by atoms with E-state index in [1.54, 1.807) is 24.2 Å². The summed E-state index contributed by atoms with van der Waals surface area (Å²) in [7, 11) is 1.59. The Bertz CT molecular complexity index is 403. The van der Waals surface area contributed by atoms with E-state index in [9.17, 15) is 4.79 Å². The highest BCUT2D eigenvalue weighted by atomic mass is 16.5. The van der Waals surface area contributed by atoms with Crippen molar-refractivity contribution in [2.45, 2.75) is 30.8 Å². The quantitative estimate of drug-likeness (QED) is 0.743. The van der Waals surface area contributed by atoms with E-state index in [2.05, 4.69) is 5.10 Å². The lowest BCUT2D eigenvalue weighted by Crippen LogP contribution is -2.49. The first kappa shape index (κ1) is 10.9. The summed E-state index contributed by atoms with van der Waals surface area (Å²) in [6.07, 6.45) is 5.39. The van der Waals surface area contributed by atoms with Gasteiger partial charge in [0, 0.05) is 0 Å². The number of rotatable bonds is 3. The molecule has 1 aliphatic rings. The molecule has 1 amide bonds. The fraction of sp³-hybridized carbons (Fsp3) is 0.600. The van der Waals surface area contributed by atoms with Crippen molar-refractivity contribution in [3.05, 3.63) is 12.4 Å².